The lowest BCUT2D eigenvalue weighted by molar-refractivity contribution is -0.132. The second kappa shape index (κ2) is 4.99. The molecule has 0 aromatic carbocycles. The maximum atomic E-state index is 11.7. The Kier molecular flexibility index (Phi) is 4.23. The van der Waals surface area contributed by atoms with Gasteiger partial charge in [-0.2, -0.15) is 0 Å². The molecule has 1 atom stereocenters. The number of carbonyl (C=O) groups excluding carboxylic acids is 1. The van der Waals surface area contributed by atoms with Gasteiger partial charge in [0, 0.05) is 24.3 Å². The van der Waals surface area contributed by atoms with Crippen molar-refractivity contribution in [2.75, 3.05) is 11.9 Å². The van der Waals surface area contributed by atoms with Gasteiger partial charge in [-0.25, -0.2) is 0 Å². The molecule has 1 fully saturated rings. The monoisotopic (exact) mass is 247 g/mol. The molecule has 0 radical (unpaired) electrons. The average molecular weight is 248 g/mol. The predicted octanol–water partition coefficient (Wildman–Crippen LogP) is 2.42. The summed E-state index contributed by atoms with van der Waals surface area (Å²) in [6.07, 6.45) is 3.01. The third kappa shape index (κ3) is 2.70. The fraction of sp³-hybridized carbons (Fsp3) is 0.900. The highest BCUT2D eigenvalue weighted by Crippen LogP contribution is 2.24. The van der Waals surface area contributed by atoms with Gasteiger partial charge in [0.15, 0.2) is 0 Å². The Hall–Kier alpha value is -0.0500. The summed E-state index contributed by atoms with van der Waals surface area (Å²) in [5, 5.41) is 0.785. The SMILES string of the molecule is CC(C)C1CCCN1C(=O)CCBr. The molecule has 2 nitrogen and oxygen atoms in total. The largest absolute Gasteiger partial charge is 0.339 e. The van der Waals surface area contributed by atoms with Gasteiger partial charge in [0.05, 0.1) is 0 Å². The summed E-state index contributed by atoms with van der Waals surface area (Å²) in [5.74, 6) is 0.912. The summed E-state index contributed by atoms with van der Waals surface area (Å²) in [6, 6.07) is 0.492. The number of carbonyl (C=O) groups is 1. The fourth-order valence-electron chi connectivity index (χ4n) is 2.02. The Morgan fingerprint density at radius 3 is 2.85 bits per heavy atom. The molecule has 13 heavy (non-hydrogen) atoms. The van der Waals surface area contributed by atoms with E-state index in [0.717, 1.165) is 11.9 Å². The molecule has 0 aliphatic carbocycles. The normalized spacial score (nSPS) is 22.8. The van der Waals surface area contributed by atoms with E-state index in [0.29, 0.717) is 24.3 Å². The lowest BCUT2D eigenvalue weighted by Gasteiger charge is -2.27. The summed E-state index contributed by atoms with van der Waals surface area (Å²) >= 11 is 3.31. The predicted molar refractivity (Wildman–Crippen MR) is 58.0 cm³/mol. The van der Waals surface area contributed by atoms with Crippen LogP contribution in [0.2, 0.25) is 0 Å². The number of nitrogens with zero attached hydrogens (tertiary/aromatic N) is 1. The van der Waals surface area contributed by atoms with Crippen LogP contribution < -0.4 is 0 Å². The third-order valence-corrected chi connectivity index (χ3v) is 3.09. The van der Waals surface area contributed by atoms with E-state index < -0.39 is 0 Å². The lowest BCUT2D eigenvalue weighted by atomic mass is 10.0. The molecule has 0 saturated carbocycles. The van der Waals surface area contributed by atoms with E-state index in [4.69, 9.17) is 0 Å². The number of amides is 1. The van der Waals surface area contributed by atoms with Crippen LogP contribution in [0.15, 0.2) is 0 Å². The summed E-state index contributed by atoms with van der Waals surface area (Å²) in [6.45, 7) is 5.36. The molecule has 0 bridgehead atoms. The van der Waals surface area contributed by atoms with Gasteiger partial charge in [0.2, 0.25) is 5.91 Å². The lowest BCUT2D eigenvalue weighted by Crippen LogP contribution is -2.38. The van der Waals surface area contributed by atoms with Gasteiger partial charge in [0.25, 0.3) is 0 Å². The zero-order chi connectivity index (χ0) is 9.84. The van der Waals surface area contributed by atoms with Crippen LogP contribution in [0.1, 0.15) is 33.1 Å². The van der Waals surface area contributed by atoms with Crippen LogP contribution in [0.4, 0.5) is 0 Å². The van der Waals surface area contributed by atoms with Crippen molar-refractivity contribution < 1.29 is 4.79 Å². The van der Waals surface area contributed by atoms with E-state index in [9.17, 15) is 4.79 Å². The van der Waals surface area contributed by atoms with Gasteiger partial charge >= 0.3 is 0 Å². The maximum absolute atomic E-state index is 11.7. The molecule has 1 aliphatic rings. The molecule has 0 N–H and O–H groups in total. The molecule has 0 spiro atoms. The first-order valence-electron chi connectivity index (χ1n) is 5.02. The molecule has 1 heterocycles. The van der Waals surface area contributed by atoms with Crippen molar-refractivity contribution in [3.05, 3.63) is 0 Å². The van der Waals surface area contributed by atoms with Crippen molar-refractivity contribution >= 4 is 21.8 Å². The summed E-state index contributed by atoms with van der Waals surface area (Å²) in [5.41, 5.74) is 0. The van der Waals surface area contributed by atoms with Crippen LogP contribution in [0.3, 0.4) is 0 Å². The van der Waals surface area contributed by atoms with E-state index in [1.54, 1.807) is 0 Å². The molecule has 1 saturated heterocycles. The molecule has 3 heteroatoms. The number of hydrogen-bond donors (Lipinski definition) is 0. The van der Waals surface area contributed by atoms with E-state index in [1.165, 1.54) is 12.8 Å². The number of hydrogen-bond acceptors (Lipinski definition) is 1. The Morgan fingerprint density at radius 2 is 2.31 bits per heavy atom. The minimum absolute atomic E-state index is 0.313. The van der Waals surface area contributed by atoms with Crippen molar-refractivity contribution in [2.45, 2.75) is 39.2 Å². The second-order valence-electron chi connectivity index (χ2n) is 3.98. The van der Waals surface area contributed by atoms with Gasteiger partial charge in [-0.3, -0.25) is 4.79 Å². The summed E-state index contributed by atoms with van der Waals surface area (Å²) in [7, 11) is 0. The first-order chi connectivity index (χ1) is 6.16. The van der Waals surface area contributed by atoms with Crippen LogP contribution >= 0.6 is 15.9 Å². The van der Waals surface area contributed by atoms with Gasteiger partial charge < -0.3 is 4.90 Å². The minimum atomic E-state index is 0.313. The average Bonchev–Trinajstić information content (AvgIpc) is 2.52. The standard InChI is InChI=1S/C10H18BrNO/c1-8(2)9-4-3-7-12(9)10(13)5-6-11/h8-9H,3-7H2,1-2H3. The van der Waals surface area contributed by atoms with Crippen LogP contribution in [-0.2, 0) is 4.79 Å². The van der Waals surface area contributed by atoms with Crippen LogP contribution in [0.5, 0.6) is 0 Å². The van der Waals surface area contributed by atoms with Gasteiger partial charge in [-0.15, -0.1) is 0 Å². The molecule has 76 valence electrons. The highest BCUT2D eigenvalue weighted by molar-refractivity contribution is 9.09. The molecule has 0 aromatic rings. The Bertz CT molecular complexity index is 182. The first kappa shape index (κ1) is 11.0. The Labute approximate surface area is 88.8 Å². The molecule has 1 aliphatic heterocycles. The quantitative estimate of drug-likeness (QED) is 0.702. The molecule has 1 unspecified atom stereocenters. The van der Waals surface area contributed by atoms with Crippen molar-refractivity contribution in [3.8, 4) is 0 Å². The zero-order valence-corrected chi connectivity index (χ0v) is 10.0. The topological polar surface area (TPSA) is 20.3 Å². The highest BCUT2D eigenvalue weighted by atomic mass is 79.9. The van der Waals surface area contributed by atoms with Crippen LogP contribution in [-0.4, -0.2) is 28.7 Å². The second-order valence-corrected chi connectivity index (χ2v) is 4.77. The van der Waals surface area contributed by atoms with E-state index in [1.807, 2.05) is 0 Å². The maximum Gasteiger partial charge on any atom is 0.223 e. The highest BCUT2D eigenvalue weighted by Gasteiger charge is 2.29. The number of rotatable bonds is 3. The summed E-state index contributed by atoms with van der Waals surface area (Å²) in [4.78, 5) is 13.7. The Morgan fingerprint density at radius 1 is 1.62 bits per heavy atom. The molecular formula is C10H18BrNO. The van der Waals surface area contributed by atoms with Crippen LogP contribution in [0.25, 0.3) is 0 Å². The third-order valence-electron chi connectivity index (χ3n) is 2.70. The van der Waals surface area contributed by atoms with Gasteiger partial charge in [-0.1, -0.05) is 29.8 Å². The summed E-state index contributed by atoms with van der Waals surface area (Å²) < 4.78 is 0. The van der Waals surface area contributed by atoms with Crippen molar-refractivity contribution in [2.24, 2.45) is 5.92 Å². The molecule has 1 amide bonds. The Balaban J connectivity index is 2.52. The van der Waals surface area contributed by atoms with Gasteiger partial charge in [-0.05, 0) is 18.8 Å². The number of halogens is 1. The smallest absolute Gasteiger partial charge is 0.223 e. The fourth-order valence-corrected chi connectivity index (χ4v) is 2.36. The van der Waals surface area contributed by atoms with E-state index >= 15 is 0 Å². The van der Waals surface area contributed by atoms with E-state index in [2.05, 4.69) is 34.7 Å². The number of likely N-dealkylation sites (tertiary alicyclic amines) is 1. The molecule has 1 rings (SSSR count). The van der Waals surface area contributed by atoms with Crippen molar-refractivity contribution in [1.82, 2.24) is 4.90 Å². The van der Waals surface area contributed by atoms with E-state index in [-0.39, 0.29) is 0 Å². The minimum Gasteiger partial charge on any atom is -0.339 e. The molecular weight excluding hydrogens is 230 g/mol. The number of alkyl halides is 1. The van der Waals surface area contributed by atoms with Crippen molar-refractivity contribution in [1.29, 1.82) is 0 Å². The first-order valence-corrected chi connectivity index (χ1v) is 6.14. The molecule has 0 aromatic heterocycles. The van der Waals surface area contributed by atoms with Gasteiger partial charge in [0.1, 0.15) is 0 Å². The van der Waals surface area contributed by atoms with Crippen molar-refractivity contribution in [3.63, 3.8) is 0 Å². The zero-order valence-electron chi connectivity index (χ0n) is 8.42. The van der Waals surface area contributed by atoms with Crippen LogP contribution in [0, 0.1) is 5.92 Å².